The molecule has 0 aromatic heterocycles. The fraction of sp³-hybridized carbons (Fsp3) is 0.355. The molecule has 2 atom stereocenters. The Morgan fingerprint density at radius 1 is 1.00 bits per heavy atom. The largest absolute Gasteiger partial charge is 0.489 e. The summed E-state index contributed by atoms with van der Waals surface area (Å²) in [4.78, 5) is 26.2. The zero-order valence-electron chi connectivity index (χ0n) is 21.9. The lowest BCUT2D eigenvalue weighted by atomic mass is 9.86. The number of ether oxygens (including phenoxy) is 2. The van der Waals surface area contributed by atoms with E-state index >= 15 is 0 Å². The van der Waals surface area contributed by atoms with Gasteiger partial charge in [-0.1, -0.05) is 54.6 Å². The molecule has 0 unspecified atom stereocenters. The molecule has 1 amide bonds. The lowest BCUT2D eigenvalue weighted by Crippen LogP contribution is -2.52. The Bertz CT molecular complexity index is 1320. The predicted octanol–water partition coefficient (Wildman–Crippen LogP) is 5.94. The second-order valence-corrected chi connectivity index (χ2v) is 10.3. The molecule has 3 saturated heterocycles. The summed E-state index contributed by atoms with van der Waals surface area (Å²) in [6.07, 6.45) is -2.99. The number of rotatable bonds is 9. The number of benzene rings is 3. The molecular formula is C31H31F3N2O4. The van der Waals surface area contributed by atoms with E-state index in [-0.39, 0.29) is 24.7 Å². The number of hydrogen-bond donors (Lipinski definition) is 1. The van der Waals surface area contributed by atoms with Crippen LogP contribution < -0.4 is 10.1 Å². The summed E-state index contributed by atoms with van der Waals surface area (Å²) in [6.45, 7) is 2.75. The molecule has 0 saturated carbocycles. The van der Waals surface area contributed by atoms with E-state index in [1.165, 1.54) is 12.1 Å². The highest BCUT2D eigenvalue weighted by Crippen LogP contribution is 2.34. The van der Waals surface area contributed by atoms with E-state index in [0.717, 1.165) is 49.7 Å². The van der Waals surface area contributed by atoms with E-state index in [9.17, 15) is 22.8 Å². The topological polar surface area (TPSA) is 67.9 Å². The molecule has 3 heterocycles. The van der Waals surface area contributed by atoms with Crippen molar-refractivity contribution >= 4 is 12.4 Å². The summed E-state index contributed by atoms with van der Waals surface area (Å²) in [6, 6.07) is 19.9. The van der Waals surface area contributed by atoms with Gasteiger partial charge in [-0.05, 0) is 72.3 Å². The van der Waals surface area contributed by atoms with Crippen LogP contribution in [0.5, 0.6) is 5.75 Å². The molecule has 3 aromatic carbocycles. The van der Waals surface area contributed by atoms with Crippen LogP contribution in [0.15, 0.2) is 72.8 Å². The number of carbonyl (C=O) groups excluding carboxylic acids is 2. The summed E-state index contributed by atoms with van der Waals surface area (Å²) < 4.78 is 52.3. The number of nitrogens with one attached hydrogen (secondary N) is 1. The molecule has 6 rings (SSSR count). The summed E-state index contributed by atoms with van der Waals surface area (Å²) in [5, 5.41) is 3.01. The normalized spacial score (nSPS) is 20.9. The van der Waals surface area contributed by atoms with Crippen LogP contribution in [0.2, 0.25) is 0 Å². The Morgan fingerprint density at radius 2 is 1.75 bits per heavy atom. The molecule has 2 bridgehead atoms. The summed E-state index contributed by atoms with van der Waals surface area (Å²) in [5.74, 6) is 0.824. The Labute approximate surface area is 231 Å². The van der Waals surface area contributed by atoms with Crippen molar-refractivity contribution < 1.29 is 32.2 Å². The van der Waals surface area contributed by atoms with Crippen molar-refractivity contribution in [3.8, 4) is 5.75 Å². The molecule has 40 heavy (non-hydrogen) atoms. The van der Waals surface area contributed by atoms with Crippen molar-refractivity contribution in [1.29, 1.82) is 0 Å². The highest BCUT2D eigenvalue weighted by atomic mass is 19.4. The van der Waals surface area contributed by atoms with E-state index in [0.29, 0.717) is 23.5 Å². The van der Waals surface area contributed by atoms with Gasteiger partial charge in [0.05, 0.1) is 11.6 Å². The van der Waals surface area contributed by atoms with E-state index in [2.05, 4.69) is 10.2 Å². The zero-order valence-corrected chi connectivity index (χ0v) is 21.9. The quantitative estimate of drug-likeness (QED) is 0.333. The molecule has 0 radical (unpaired) electrons. The number of piperidine rings is 3. The van der Waals surface area contributed by atoms with Crippen molar-refractivity contribution in [1.82, 2.24) is 10.2 Å². The number of aldehydes is 1. The number of nitrogens with zero attached hydrogens (tertiary/aromatic N) is 1. The first kappa shape index (κ1) is 27.7. The highest BCUT2D eigenvalue weighted by molar-refractivity contribution is 5.69. The molecule has 3 aromatic rings. The fourth-order valence-electron chi connectivity index (χ4n) is 5.53. The minimum atomic E-state index is -4.58. The molecular weight excluding hydrogens is 521 g/mol. The molecule has 3 aliphatic heterocycles. The van der Waals surface area contributed by atoms with E-state index in [1.54, 1.807) is 18.2 Å². The van der Waals surface area contributed by atoms with Crippen LogP contribution in [-0.2, 0) is 28.7 Å². The number of carbonyl (C=O) groups is 2. The third kappa shape index (κ3) is 6.65. The predicted molar refractivity (Wildman–Crippen MR) is 143 cm³/mol. The SMILES string of the molecule is O=CCc1ccc(COc2cccc([C@@H](NC(=O)O[C@H]3CN4CCC3CC4)c3ccccc3)c2)cc1C(F)(F)F. The summed E-state index contributed by atoms with van der Waals surface area (Å²) in [5.41, 5.74) is 1.00. The molecule has 0 spiro atoms. The first-order valence-corrected chi connectivity index (χ1v) is 13.4. The second kappa shape index (κ2) is 12.1. The Balaban J connectivity index is 1.31. The zero-order chi connectivity index (χ0) is 28.1. The smallest absolute Gasteiger partial charge is 0.416 e. The van der Waals surface area contributed by atoms with Gasteiger partial charge in [-0.3, -0.25) is 4.90 Å². The van der Waals surface area contributed by atoms with Crippen LogP contribution in [0.25, 0.3) is 0 Å². The second-order valence-electron chi connectivity index (χ2n) is 10.3. The maximum atomic E-state index is 13.5. The minimum Gasteiger partial charge on any atom is -0.489 e. The van der Waals surface area contributed by atoms with Gasteiger partial charge >= 0.3 is 12.3 Å². The lowest BCUT2D eigenvalue weighted by Gasteiger charge is -2.43. The molecule has 1 N–H and O–H groups in total. The van der Waals surface area contributed by atoms with E-state index < -0.39 is 23.9 Å². The van der Waals surface area contributed by atoms with E-state index in [4.69, 9.17) is 9.47 Å². The molecule has 3 fully saturated rings. The van der Waals surface area contributed by atoms with Gasteiger partial charge in [0.15, 0.2) is 0 Å². The average molecular weight is 553 g/mol. The van der Waals surface area contributed by atoms with Gasteiger partial charge < -0.3 is 19.6 Å². The third-order valence-corrected chi connectivity index (χ3v) is 7.63. The number of fused-ring (bicyclic) bond motifs is 3. The van der Waals surface area contributed by atoms with Gasteiger partial charge in [0.2, 0.25) is 0 Å². The number of amides is 1. The van der Waals surface area contributed by atoms with Crippen LogP contribution in [-0.4, -0.2) is 43.0 Å². The van der Waals surface area contributed by atoms with E-state index in [1.807, 2.05) is 36.4 Å². The van der Waals surface area contributed by atoms with Crippen molar-refractivity contribution in [3.63, 3.8) is 0 Å². The molecule has 3 aliphatic rings. The molecule has 6 nitrogen and oxygen atoms in total. The van der Waals surface area contributed by atoms with Crippen molar-refractivity contribution in [2.24, 2.45) is 5.92 Å². The highest BCUT2D eigenvalue weighted by Gasteiger charge is 2.37. The van der Waals surface area contributed by atoms with Crippen LogP contribution in [0, 0.1) is 5.92 Å². The first-order valence-electron chi connectivity index (χ1n) is 13.4. The average Bonchev–Trinajstić information content (AvgIpc) is 2.96. The Hall–Kier alpha value is -3.85. The maximum Gasteiger partial charge on any atom is 0.416 e. The van der Waals surface area contributed by atoms with Gasteiger partial charge in [-0.15, -0.1) is 0 Å². The number of hydrogen-bond acceptors (Lipinski definition) is 5. The van der Waals surface area contributed by atoms with Gasteiger partial charge in [-0.25, -0.2) is 4.79 Å². The number of alkyl carbamates (subject to hydrolysis) is 1. The Kier molecular flexibility index (Phi) is 8.40. The van der Waals surface area contributed by atoms with Crippen LogP contribution >= 0.6 is 0 Å². The van der Waals surface area contributed by atoms with Crippen molar-refractivity contribution in [2.75, 3.05) is 19.6 Å². The third-order valence-electron chi connectivity index (χ3n) is 7.63. The fourth-order valence-corrected chi connectivity index (χ4v) is 5.53. The van der Waals surface area contributed by atoms with Gasteiger partial charge in [-0.2, -0.15) is 13.2 Å². The molecule has 210 valence electrons. The minimum absolute atomic E-state index is 0.0739. The van der Waals surface area contributed by atoms with Gasteiger partial charge in [0.25, 0.3) is 0 Å². The summed E-state index contributed by atoms with van der Waals surface area (Å²) >= 11 is 0. The monoisotopic (exact) mass is 552 g/mol. The number of alkyl halides is 3. The standard InChI is InChI=1S/C31H31F3N2O4/c32-31(33,34)27-17-21(9-10-22(27)13-16-37)20-39-26-8-4-7-25(18-26)29(24-5-2-1-3-6-24)35-30(38)40-28-19-36-14-11-23(28)12-15-36/h1-10,16-18,23,28-29H,11-15,19-20H2,(H,35,38)/t28-,29-/m0/s1. The van der Waals surface area contributed by atoms with Crippen LogP contribution in [0.3, 0.4) is 0 Å². The Morgan fingerprint density at radius 3 is 2.42 bits per heavy atom. The summed E-state index contributed by atoms with van der Waals surface area (Å²) in [7, 11) is 0. The van der Waals surface area contributed by atoms with Crippen molar-refractivity contribution in [2.45, 2.75) is 44.2 Å². The molecule has 0 aliphatic carbocycles. The lowest BCUT2D eigenvalue weighted by molar-refractivity contribution is -0.138. The van der Waals surface area contributed by atoms with Crippen LogP contribution in [0.4, 0.5) is 18.0 Å². The van der Waals surface area contributed by atoms with Gasteiger partial charge in [0.1, 0.15) is 24.7 Å². The number of halogens is 3. The van der Waals surface area contributed by atoms with Gasteiger partial charge in [0, 0.05) is 13.0 Å². The maximum absolute atomic E-state index is 13.5. The molecule has 9 heteroatoms. The van der Waals surface area contributed by atoms with Crippen molar-refractivity contribution in [3.05, 3.63) is 101 Å². The first-order chi connectivity index (χ1) is 19.3. The van der Waals surface area contributed by atoms with Crippen LogP contribution in [0.1, 0.15) is 46.7 Å².